The zero-order valence-electron chi connectivity index (χ0n) is 11.8. The molecule has 0 radical (unpaired) electrons. The average molecular weight is 276 g/mol. The third-order valence-electron chi connectivity index (χ3n) is 3.75. The molecule has 2 heterocycles. The standard InChI is InChI=1S/C15H20N2O3/c1-2-3-4-5-6-17-12-8-14-13(19-10-20-14)7-11(12)16-9-15(17)18/h7-8,16H,2-6,9-10H2,1H3. The molecule has 2 aliphatic rings. The molecule has 0 spiro atoms. The van der Waals surface area contributed by atoms with Crippen molar-refractivity contribution in [3.63, 3.8) is 0 Å². The highest BCUT2D eigenvalue weighted by atomic mass is 16.7. The lowest BCUT2D eigenvalue weighted by molar-refractivity contribution is -0.117. The lowest BCUT2D eigenvalue weighted by Gasteiger charge is -2.30. The predicted molar refractivity (Wildman–Crippen MR) is 77.5 cm³/mol. The van der Waals surface area contributed by atoms with E-state index in [4.69, 9.17) is 9.47 Å². The van der Waals surface area contributed by atoms with Crippen LogP contribution in [-0.2, 0) is 4.79 Å². The van der Waals surface area contributed by atoms with E-state index in [2.05, 4.69) is 12.2 Å². The van der Waals surface area contributed by atoms with Crippen molar-refractivity contribution in [1.82, 2.24) is 0 Å². The van der Waals surface area contributed by atoms with Crippen molar-refractivity contribution in [3.05, 3.63) is 12.1 Å². The highest BCUT2D eigenvalue weighted by molar-refractivity contribution is 6.03. The number of unbranched alkanes of at least 4 members (excludes halogenated alkanes) is 3. The Labute approximate surface area is 118 Å². The summed E-state index contributed by atoms with van der Waals surface area (Å²) in [5, 5.41) is 3.15. The highest BCUT2D eigenvalue weighted by Gasteiger charge is 2.27. The van der Waals surface area contributed by atoms with Crippen LogP contribution in [0.2, 0.25) is 0 Å². The van der Waals surface area contributed by atoms with Gasteiger partial charge in [0, 0.05) is 18.7 Å². The van der Waals surface area contributed by atoms with Gasteiger partial charge >= 0.3 is 0 Å². The van der Waals surface area contributed by atoms with E-state index in [9.17, 15) is 4.79 Å². The van der Waals surface area contributed by atoms with Crippen molar-refractivity contribution < 1.29 is 14.3 Å². The van der Waals surface area contributed by atoms with Gasteiger partial charge < -0.3 is 19.7 Å². The monoisotopic (exact) mass is 276 g/mol. The summed E-state index contributed by atoms with van der Waals surface area (Å²) in [6.07, 6.45) is 4.61. The van der Waals surface area contributed by atoms with Crippen LogP contribution < -0.4 is 19.7 Å². The second-order valence-corrected chi connectivity index (χ2v) is 5.18. The molecule has 0 unspecified atom stereocenters. The summed E-state index contributed by atoms with van der Waals surface area (Å²) in [4.78, 5) is 14.0. The van der Waals surface area contributed by atoms with Crippen molar-refractivity contribution in [3.8, 4) is 11.5 Å². The summed E-state index contributed by atoms with van der Waals surface area (Å²) < 4.78 is 10.8. The van der Waals surface area contributed by atoms with E-state index < -0.39 is 0 Å². The van der Waals surface area contributed by atoms with E-state index >= 15 is 0 Å². The first kappa shape index (κ1) is 13.1. The smallest absolute Gasteiger partial charge is 0.246 e. The molecule has 0 atom stereocenters. The Morgan fingerprint density at radius 1 is 1.20 bits per heavy atom. The molecule has 0 fully saturated rings. The second-order valence-electron chi connectivity index (χ2n) is 5.18. The van der Waals surface area contributed by atoms with Crippen LogP contribution in [0.3, 0.4) is 0 Å². The number of fused-ring (bicyclic) bond motifs is 2. The van der Waals surface area contributed by atoms with E-state index in [1.807, 2.05) is 17.0 Å². The second kappa shape index (κ2) is 5.61. The van der Waals surface area contributed by atoms with E-state index in [1.54, 1.807) is 0 Å². The van der Waals surface area contributed by atoms with Gasteiger partial charge in [-0.15, -0.1) is 0 Å². The van der Waals surface area contributed by atoms with Gasteiger partial charge in [-0.2, -0.15) is 0 Å². The largest absolute Gasteiger partial charge is 0.454 e. The Morgan fingerprint density at radius 3 is 2.80 bits per heavy atom. The number of nitrogens with one attached hydrogen (secondary N) is 1. The Kier molecular flexibility index (Phi) is 3.67. The number of hydrogen-bond donors (Lipinski definition) is 1. The van der Waals surface area contributed by atoms with Gasteiger partial charge in [-0.1, -0.05) is 26.2 Å². The molecule has 0 aromatic heterocycles. The van der Waals surface area contributed by atoms with Gasteiger partial charge in [-0.3, -0.25) is 4.79 Å². The van der Waals surface area contributed by atoms with Crippen molar-refractivity contribution in [2.45, 2.75) is 32.6 Å². The number of amides is 1. The predicted octanol–water partition coefficient (Wildman–Crippen LogP) is 2.75. The lowest BCUT2D eigenvalue weighted by Crippen LogP contribution is -2.40. The van der Waals surface area contributed by atoms with Crippen LogP contribution in [0.5, 0.6) is 11.5 Å². The van der Waals surface area contributed by atoms with Gasteiger partial charge in [0.05, 0.1) is 17.9 Å². The third-order valence-corrected chi connectivity index (χ3v) is 3.75. The zero-order chi connectivity index (χ0) is 13.9. The summed E-state index contributed by atoms with van der Waals surface area (Å²) in [5.41, 5.74) is 1.85. The number of anilines is 2. The summed E-state index contributed by atoms with van der Waals surface area (Å²) in [6, 6.07) is 3.82. The third kappa shape index (κ3) is 2.40. The van der Waals surface area contributed by atoms with E-state index in [-0.39, 0.29) is 12.7 Å². The maximum Gasteiger partial charge on any atom is 0.246 e. The molecule has 0 saturated carbocycles. The van der Waals surface area contributed by atoms with Gasteiger partial charge in [-0.05, 0) is 6.42 Å². The Balaban J connectivity index is 1.79. The highest BCUT2D eigenvalue weighted by Crippen LogP contribution is 2.42. The Morgan fingerprint density at radius 2 is 2.00 bits per heavy atom. The molecule has 0 aliphatic carbocycles. The van der Waals surface area contributed by atoms with Gasteiger partial charge in [-0.25, -0.2) is 0 Å². The van der Waals surface area contributed by atoms with Crippen LogP contribution in [0.4, 0.5) is 11.4 Å². The van der Waals surface area contributed by atoms with Crippen LogP contribution >= 0.6 is 0 Å². The van der Waals surface area contributed by atoms with Crippen molar-refractivity contribution in [2.75, 3.05) is 30.1 Å². The van der Waals surface area contributed by atoms with Crippen LogP contribution in [0.15, 0.2) is 12.1 Å². The molecule has 1 amide bonds. The fourth-order valence-corrected chi connectivity index (χ4v) is 2.64. The SMILES string of the molecule is CCCCCCN1C(=O)CNc2cc3c(cc21)OCO3. The average Bonchev–Trinajstić information content (AvgIpc) is 2.90. The molecule has 2 aliphatic heterocycles. The molecule has 5 nitrogen and oxygen atoms in total. The molecule has 1 N–H and O–H groups in total. The molecule has 3 rings (SSSR count). The molecule has 0 bridgehead atoms. The van der Waals surface area contributed by atoms with Gasteiger partial charge in [0.25, 0.3) is 0 Å². The molecule has 108 valence electrons. The summed E-state index contributed by atoms with van der Waals surface area (Å²) >= 11 is 0. The minimum Gasteiger partial charge on any atom is -0.454 e. The first-order chi connectivity index (χ1) is 9.79. The van der Waals surface area contributed by atoms with Crippen molar-refractivity contribution in [2.24, 2.45) is 0 Å². The van der Waals surface area contributed by atoms with Crippen LogP contribution in [0.25, 0.3) is 0 Å². The first-order valence-electron chi connectivity index (χ1n) is 7.27. The van der Waals surface area contributed by atoms with Crippen molar-refractivity contribution in [1.29, 1.82) is 0 Å². The molecule has 5 heteroatoms. The summed E-state index contributed by atoms with van der Waals surface area (Å²) in [7, 11) is 0. The van der Waals surface area contributed by atoms with E-state index in [0.717, 1.165) is 42.3 Å². The number of rotatable bonds is 5. The normalized spacial score (nSPS) is 16.1. The minimum absolute atomic E-state index is 0.118. The first-order valence-corrected chi connectivity index (χ1v) is 7.27. The van der Waals surface area contributed by atoms with Gasteiger partial charge in [0.2, 0.25) is 12.7 Å². The van der Waals surface area contributed by atoms with Gasteiger partial charge in [0.1, 0.15) is 0 Å². The van der Waals surface area contributed by atoms with Crippen LogP contribution in [0, 0.1) is 0 Å². The fourth-order valence-electron chi connectivity index (χ4n) is 2.64. The minimum atomic E-state index is 0.118. The number of hydrogen-bond acceptors (Lipinski definition) is 4. The van der Waals surface area contributed by atoms with Gasteiger partial charge in [0.15, 0.2) is 11.5 Å². The van der Waals surface area contributed by atoms with Crippen LogP contribution in [0.1, 0.15) is 32.6 Å². The molecule has 20 heavy (non-hydrogen) atoms. The summed E-state index contributed by atoms with van der Waals surface area (Å²) in [6.45, 7) is 3.56. The quantitative estimate of drug-likeness (QED) is 0.840. The number of benzene rings is 1. The summed E-state index contributed by atoms with van der Waals surface area (Å²) in [5.74, 6) is 1.59. The Bertz CT molecular complexity index is 516. The number of nitrogens with zero attached hydrogens (tertiary/aromatic N) is 1. The Hall–Kier alpha value is -1.91. The molecular weight excluding hydrogens is 256 g/mol. The lowest BCUT2D eigenvalue weighted by atomic mass is 10.1. The molecule has 1 aromatic rings. The van der Waals surface area contributed by atoms with E-state index in [0.29, 0.717) is 6.54 Å². The topological polar surface area (TPSA) is 50.8 Å². The van der Waals surface area contributed by atoms with E-state index in [1.165, 1.54) is 12.8 Å². The number of carbonyl (C=O) groups excluding carboxylic acids is 1. The number of ether oxygens (including phenoxy) is 2. The van der Waals surface area contributed by atoms with Crippen LogP contribution in [-0.4, -0.2) is 25.8 Å². The molecule has 0 saturated heterocycles. The number of carbonyl (C=O) groups is 1. The zero-order valence-corrected chi connectivity index (χ0v) is 11.8. The molecular formula is C15H20N2O3. The fraction of sp³-hybridized carbons (Fsp3) is 0.533. The maximum absolute atomic E-state index is 12.1. The molecule has 1 aromatic carbocycles. The van der Waals surface area contributed by atoms with Crippen molar-refractivity contribution >= 4 is 17.3 Å². The maximum atomic E-state index is 12.1.